The first-order valence-corrected chi connectivity index (χ1v) is 6.11. The second kappa shape index (κ2) is 5.36. The lowest BCUT2D eigenvalue weighted by Crippen LogP contribution is -2.30. The van der Waals surface area contributed by atoms with Crippen LogP contribution in [0.5, 0.6) is 0 Å². The van der Waals surface area contributed by atoms with E-state index in [2.05, 4.69) is 10.1 Å². The van der Waals surface area contributed by atoms with E-state index in [9.17, 15) is 18.0 Å². The van der Waals surface area contributed by atoms with Gasteiger partial charge in [-0.3, -0.25) is 0 Å². The van der Waals surface area contributed by atoms with Crippen LogP contribution in [0.15, 0.2) is 29.2 Å². The molecule has 4 N–H and O–H groups in total. The van der Waals surface area contributed by atoms with Gasteiger partial charge < -0.3 is 15.8 Å². The summed E-state index contributed by atoms with van der Waals surface area (Å²) in [6.45, 7) is 0. The second-order valence-corrected chi connectivity index (χ2v) is 4.79. The number of hydrogen-bond donors (Lipinski definition) is 3. The topological polar surface area (TPSA) is 128 Å². The fraction of sp³-hybridized carbons (Fsp3) is 0.111. The van der Waals surface area contributed by atoms with Gasteiger partial charge in [0, 0.05) is 5.69 Å². The summed E-state index contributed by atoms with van der Waals surface area (Å²) in [6, 6.07) is 4.30. The van der Waals surface area contributed by atoms with Gasteiger partial charge in [-0.1, -0.05) is 0 Å². The number of methoxy groups -OCH3 is 1. The van der Waals surface area contributed by atoms with Crippen molar-refractivity contribution in [1.82, 2.24) is 4.72 Å². The van der Waals surface area contributed by atoms with E-state index >= 15 is 0 Å². The first-order chi connectivity index (χ1) is 8.35. The quantitative estimate of drug-likeness (QED) is 0.725. The number of anilines is 1. The molecule has 18 heavy (non-hydrogen) atoms. The van der Waals surface area contributed by atoms with Gasteiger partial charge in [-0.25, -0.2) is 22.7 Å². The van der Waals surface area contributed by atoms with Gasteiger partial charge in [-0.15, -0.1) is 0 Å². The van der Waals surface area contributed by atoms with E-state index in [4.69, 9.17) is 5.73 Å². The fourth-order valence-corrected chi connectivity index (χ4v) is 1.98. The van der Waals surface area contributed by atoms with Crippen LogP contribution in [0, 0.1) is 0 Å². The smallest absolute Gasteiger partial charge is 0.420 e. The summed E-state index contributed by atoms with van der Waals surface area (Å²) >= 11 is 0. The van der Waals surface area contributed by atoms with Crippen molar-refractivity contribution in [1.29, 1.82) is 0 Å². The van der Waals surface area contributed by atoms with Crippen molar-refractivity contribution in [2.45, 2.75) is 4.90 Å². The number of nitrogens with one attached hydrogen (secondary N) is 2. The minimum atomic E-state index is -3.99. The third-order valence-electron chi connectivity index (χ3n) is 1.84. The molecule has 0 aliphatic rings. The van der Waals surface area contributed by atoms with E-state index < -0.39 is 22.1 Å². The highest BCUT2D eigenvalue weighted by atomic mass is 32.2. The predicted octanol–water partition coefficient (Wildman–Crippen LogP) is 0.222. The number of hydrogen-bond acceptors (Lipinski definition) is 5. The molecule has 0 aromatic heterocycles. The largest absolute Gasteiger partial charge is 0.452 e. The van der Waals surface area contributed by atoms with E-state index in [1.54, 1.807) is 4.72 Å². The highest BCUT2D eigenvalue weighted by molar-refractivity contribution is 7.90. The molecule has 9 heteroatoms. The Bertz CT molecular complexity index is 552. The molecule has 98 valence electrons. The lowest BCUT2D eigenvalue weighted by atomic mass is 10.3. The summed E-state index contributed by atoms with van der Waals surface area (Å²) in [5.74, 6) is 0. The summed E-state index contributed by atoms with van der Waals surface area (Å²) < 4.78 is 29.1. The number of amides is 3. The summed E-state index contributed by atoms with van der Waals surface area (Å²) in [7, 11) is -2.94. The Kier molecular flexibility index (Phi) is 4.10. The fourth-order valence-electron chi connectivity index (χ4n) is 1.07. The van der Waals surface area contributed by atoms with Crippen LogP contribution in [0.4, 0.5) is 15.3 Å². The number of benzene rings is 1. The maximum Gasteiger partial charge on any atom is 0.420 e. The number of carbonyl (C=O) groups excluding carboxylic acids is 2. The van der Waals surface area contributed by atoms with Gasteiger partial charge in [-0.05, 0) is 24.3 Å². The molecule has 0 saturated heterocycles. The first kappa shape index (κ1) is 13.8. The molecule has 0 unspecified atom stereocenters. The molecule has 0 bridgehead atoms. The molecule has 3 amide bonds. The molecule has 1 aromatic rings. The van der Waals surface area contributed by atoms with Gasteiger partial charge in [0.2, 0.25) is 0 Å². The molecule has 0 fully saturated rings. The average molecular weight is 273 g/mol. The monoisotopic (exact) mass is 273 g/mol. The zero-order valence-electron chi connectivity index (χ0n) is 9.34. The molecule has 8 nitrogen and oxygen atoms in total. The Morgan fingerprint density at radius 2 is 1.78 bits per heavy atom. The van der Waals surface area contributed by atoms with Crippen molar-refractivity contribution >= 4 is 27.8 Å². The van der Waals surface area contributed by atoms with Crippen molar-refractivity contribution in [2.24, 2.45) is 5.73 Å². The molecular weight excluding hydrogens is 262 g/mol. The third kappa shape index (κ3) is 3.63. The molecular formula is C9H11N3O5S. The number of nitrogens with two attached hydrogens (primary N) is 1. The highest BCUT2D eigenvalue weighted by Gasteiger charge is 2.17. The number of carbonyl (C=O) groups is 2. The molecule has 1 aromatic carbocycles. The summed E-state index contributed by atoms with van der Waals surface area (Å²) in [6.07, 6.45) is -1.09. The molecule has 1 rings (SSSR count). The first-order valence-electron chi connectivity index (χ1n) is 4.62. The summed E-state index contributed by atoms with van der Waals surface area (Å²) in [5.41, 5.74) is 5.22. The zero-order chi connectivity index (χ0) is 13.8. The van der Waals surface area contributed by atoms with Crippen LogP contribution < -0.4 is 15.8 Å². The van der Waals surface area contributed by atoms with Crippen molar-refractivity contribution in [2.75, 3.05) is 12.4 Å². The molecule has 0 saturated carbocycles. The Labute approximate surface area is 103 Å². The van der Waals surface area contributed by atoms with E-state index in [0.717, 1.165) is 7.11 Å². The maximum atomic E-state index is 11.6. The molecule has 0 spiro atoms. The molecule has 0 aliphatic carbocycles. The lowest BCUT2D eigenvalue weighted by molar-refractivity contribution is 0.177. The molecule has 0 aliphatic heterocycles. The Hall–Kier alpha value is -2.29. The normalized spacial score (nSPS) is 10.5. The minimum Gasteiger partial charge on any atom is -0.452 e. The van der Waals surface area contributed by atoms with Crippen LogP contribution in [0.1, 0.15) is 0 Å². The number of primary amides is 1. The van der Waals surface area contributed by atoms with Gasteiger partial charge in [0.15, 0.2) is 0 Å². The molecule has 0 radical (unpaired) electrons. The van der Waals surface area contributed by atoms with Crippen molar-refractivity contribution in [3.05, 3.63) is 24.3 Å². The number of rotatable bonds is 3. The number of urea groups is 1. The predicted molar refractivity (Wildman–Crippen MR) is 62.4 cm³/mol. The Morgan fingerprint density at radius 1 is 1.22 bits per heavy atom. The van der Waals surface area contributed by atoms with Crippen LogP contribution in [0.25, 0.3) is 0 Å². The zero-order valence-corrected chi connectivity index (χ0v) is 10.2. The van der Waals surface area contributed by atoms with Crippen molar-refractivity contribution in [3.63, 3.8) is 0 Å². The van der Waals surface area contributed by atoms with E-state index in [1.165, 1.54) is 24.3 Å². The van der Waals surface area contributed by atoms with Crippen LogP contribution in [0.3, 0.4) is 0 Å². The van der Waals surface area contributed by atoms with Gasteiger partial charge >= 0.3 is 12.1 Å². The number of ether oxygens (including phenoxy) is 1. The van der Waals surface area contributed by atoms with Gasteiger partial charge in [0.05, 0.1) is 12.0 Å². The van der Waals surface area contributed by atoms with Crippen LogP contribution in [0.2, 0.25) is 0 Å². The highest BCUT2D eigenvalue weighted by Crippen LogP contribution is 2.13. The van der Waals surface area contributed by atoms with E-state index in [1.807, 2.05) is 0 Å². The van der Waals surface area contributed by atoms with Crippen LogP contribution in [-0.4, -0.2) is 27.7 Å². The lowest BCUT2D eigenvalue weighted by Gasteiger charge is -2.06. The standard InChI is InChI=1S/C9H11N3O5S/c1-17-9(14)12-18(15,16)7-4-2-6(3-5-7)11-8(10)13/h2-5H,1H3,(H,12,14)(H3,10,11,13). The molecule has 0 atom stereocenters. The van der Waals surface area contributed by atoms with Crippen LogP contribution in [-0.2, 0) is 14.8 Å². The maximum absolute atomic E-state index is 11.6. The SMILES string of the molecule is COC(=O)NS(=O)(=O)c1ccc(NC(N)=O)cc1. The average Bonchev–Trinajstić information content (AvgIpc) is 2.28. The van der Waals surface area contributed by atoms with Gasteiger partial charge in [-0.2, -0.15) is 0 Å². The summed E-state index contributed by atoms with van der Waals surface area (Å²) in [4.78, 5) is 21.2. The molecule has 0 heterocycles. The Balaban J connectivity index is 2.90. The number of sulfonamides is 1. The Morgan fingerprint density at radius 3 is 2.22 bits per heavy atom. The van der Waals surface area contributed by atoms with E-state index in [0.29, 0.717) is 5.69 Å². The van der Waals surface area contributed by atoms with Crippen molar-refractivity contribution < 1.29 is 22.7 Å². The van der Waals surface area contributed by atoms with Gasteiger partial charge in [0.1, 0.15) is 0 Å². The third-order valence-corrected chi connectivity index (χ3v) is 3.16. The minimum absolute atomic E-state index is 0.150. The van der Waals surface area contributed by atoms with Crippen LogP contribution >= 0.6 is 0 Å². The van der Waals surface area contributed by atoms with E-state index in [-0.39, 0.29) is 4.90 Å². The summed E-state index contributed by atoms with van der Waals surface area (Å²) in [5, 5.41) is 2.27. The second-order valence-electron chi connectivity index (χ2n) is 3.11. The van der Waals surface area contributed by atoms with Crippen molar-refractivity contribution in [3.8, 4) is 0 Å². The van der Waals surface area contributed by atoms with Gasteiger partial charge in [0.25, 0.3) is 10.0 Å².